The molecule has 20 heavy (non-hydrogen) atoms. The minimum atomic E-state index is -0.481. The van der Waals surface area contributed by atoms with Crippen LogP contribution >= 0.6 is 28.1 Å². The number of rotatable bonds is 2. The summed E-state index contributed by atoms with van der Waals surface area (Å²) in [6.45, 7) is 0. The Morgan fingerprint density at radius 1 is 1.25 bits per heavy atom. The lowest BCUT2D eigenvalue weighted by Crippen LogP contribution is -2.12. The molecule has 2 aromatic carbocycles. The van der Waals surface area contributed by atoms with E-state index in [1.165, 1.54) is 4.68 Å². The zero-order valence-corrected chi connectivity index (χ0v) is 12.4. The Labute approximate surface area is 127 Å². The van der Waals surface area contributed by atoms with Gasteiger partial charge in [0.15, 0.2) is 5.82 Å². The number of fused-ring (bicyclic) bond motifs is 1. The highest BCUT2D eigenvalue weighted by molar-refractivity contribution is 9.10. The summed E-state index contributed by atoms with van der Waals surface area (Å²) in [5.41, 5.74) is 7.69. The van der Waals surface area contributed by atoms with Crippen LogP contribution in [0, 0.1) is 5.82 Å². The fraction of sp³-hybridized carbons (Fsp3) is 0. The van der Waals surface area contributed by atoms with Crippen molar-refractivity contribution in [2.45, 2.75) is 0 Å². The van der Waals surface area contributed by atoms with Crippen LogP contribution < -0.4 is 5.73 Å². The molecule has 3 aromatic rings. The number of para-hydroxylation sites is 1. The first-order valence-corrected chi connectivity index (χ1v) is 6.88. The monoisotopic (exact) mass is 350 g/mol. The molecular formula is C13H8BrFN4S. The van der Waals surface area contributed by atoms with Crippen LogP contribution in [0.3, 0.4) is 0 Å². The minimum absolute atomic E-state index is 0.130. The maximum Gasteiger partial charge on any atom is 0.163 e. The van der Waals surface area contributed by atoms with Crippen LogP contribution in [-0.4, -0.2) is 20.0 Å². The van der Waals surface area contributed by atoms with Crippen LogP contribution in [0.15, 0.2) is 40.9 Å². The van der Waals surface area contributed by atoms with E-state index in [1.54, 1.807) is 12.1 Å². The Kier molecular flexibility index (Phi) is 3.23. The van der Waals surface area contributed by atoms with E-state index in [2.05, 4.69) is 26.2 Å². The number of hydrogen-bond acceptors (Lipinski definition) is 3. The first-order valence-electron chi connectivity index (χ1n) is 5.68. The second-order valence-corrected chi connectivity index (χ2v) is 5.35. The number of aromatic nitrogens is 3. The van der Waals surface area contributed by atoms with Gasteiger partial charge in [-0.15, -0.1) is 5.10 Å². The Morgan fingerprint density at radius 3 is 2.75 bits per heavy atom. The number of nitrogens with two attached hydrogens (primary N) is 1. The van der Waals surface area contributed by atoms with Crippen molar-refractivity contribution in [1.82, 2.24) is 15.0 Å². The molecule has 0 radical (unpaired) electrons. The zero-order valence-electron chi connectivity index (χ0n) is 10.0. The van der Waals surface area contributed by atoms with E-state index in [9.17, 15) is 4.39 Å². The zero-order chi connectivity index (χ0) is 14.3. The topological polar surface area (TPSA) is 56.7 Å². The molecule has 4 nitrogen and oxygen atoms in total. The van der Waals surface area contributed by atoms with Gasteiger partial charge in [0, 0.05) is 5.56 Å². The molecule has 0 saturated heterocycles. The van der Waals surface area contributed by atoms with Crippen molar-refractivity contribution < 1.29 is 4.39 Å². The molecule has 3 rings (SSSR count). The Balaban J connectivity index is 2.25. The summed E-state index contributed by atoms with van der Waals surface area (Å²) in [6.07, 6.45) is 0. The van der Waals surface area contributed by atoms with Crippen LogP contribution in [-0.2, 0) is 0 Å². The summed E-state index contributed by atoms with van der Waals surface area (Å²) in [6, 6.07) is 10.6. The molecule has 0 amide bonds. The van der Waals surface area contributed by atoms with Gasteiger partial charge in [-0.3, -0.25) is 0 Å². The van der Waals surface area contributed by atoms with Gasteiger partial charge >= 0.3 is 0 Å². The maximum absolute atomic E-state index is 14.5. The second kappa shape index (κ2) is 4.92. The van der Waals surface area contributed by atoms with Crippen molar-refractivity contribution in [3.8, 4) is 5.69 Å². The van der Waals surface area contributed by atoms with Crippen LogP contribution in [0.25, 0.3) is 16.7 Å². The van der Waals surface area contributed by atoms with E-state index in [-0.39, 0.29) is 15.1 Å². The standard InChI is InChI=1S/C13H8BrFN4S/c14-11-7(13(16)20)5-6-10(12(11)15)19-9-4-2-1-3-8(9)17-18-19/h1-6H,(H2,16,20). The third-order valence-corrected chi connectivity index (χ3v) is 3.90. The van der Waals surface area contributed by atoms with Gasteiger partial charge in [0.1, 0.15) is 16.2 Å². The molecule has 1 aromatic heterocycles. The molecular weight excluding hydrogens is 343 g/mol. The Bertz CT molecular complexity index is 830. The van der Waals surface area contributed by atoms with Crippen molar-refractivity contribution in [2.75, 3.05) is 0 Å². The summed E-state index contributed by atoms with van der Waals surface area (Å²) in [5.74, 6) is -0.481. The van der Waals surface area contributed by atoms with Gasteiger partial charge in [0.2, 0.25) is 0 Å². The van der Waals surface area contributed by atoms with E-state index in [0.29, 0.717) is 11.1 Å². The molecule has 0 aliphatic rings. The van der Waals surface area contributed by atoms with E-state index in [4.69, 9.17) is 18.0 Å². The molecule has 2 N–H and O–H groups in total. The summed E-state index contributed by atoms with van der Waals surface area (Å²) < 4.78 is 16.1. The van der Waals surface area contributed by atoms with Gasteiger partial charge < -0.3 is 5.73 Å². The van der Waals surface area contributed by atoms with Crippen LogP contribution in [0.2, 0.25) is 0 Å². The summed E-state index contributed by atoms with van der Waals surface area (Å²) in [4.78, 5) is 0.130. The number of halogens is 2. The van der Waals surface area contributed by atoms with Gasteiger partial charge in [-0.25, -0.2) is 9.07 Å². The lowest BCUT2D eigenvalue weighted by Gasteiger charge is -2.09. The fourth-order valence-electron chi connectivity index (χ4n) is 1.94. The van der Waals surface area contributed by atoms with Crippen LogP contribution in [0.5, 0.6) is 0 Å². The van der Waals surface area contributed by atoms with Crippen LogP contribution in [0.1, 0.15) is 5.56 Å². The normalized spacial score (nSPS) is 10.9. The summed E-state index contributed by atoms with van der Waals surface area (Å²) in [5, 5.41) is 7.99. The van der Waals surface area contributed by atoms with E-state index >= 15 is 0 Å². The molecule has 0 saturated carbocycles. The lowest BCUT2D eigenvalue weighted by atomic mass is 10.2. The number of benzene rings is 2. The molecule has 0 unspecified atom stereocenters. The molecule has 0 bridgehead atoms. The Hall–Kier alpha value is -1.86. The fourth-order valence-corrected chi connectivity index (χ4v) is 2.79. The van der Waals surface area contributed by atoms with Crippen molar-refractivity contribution in [2.24, 2.45) is 5.73 Å². The molecule has 0 spiro atoms. The first-order chi connectivity index (χ1) is 9.59. The van der Waals surface area contributed by atoms with E-state index in [1.807, 2.05) is 24.3 Å². The molecule has 1 heterocycles. The highest BCUT2D eigenvalue weighted by atomic mass is 79.9. The van der Waals surface area contributed by atoms with Crippen molar-refractivity contribution in [1.29, 1.82) is 0 Å². The van der Waals surface area contributed by atoms with Gasteiger partial charge in [0.05, 0.1) is 9.99 Å². The van der Waals surface area contributed by atoms with Gasteiger partial charge in [0.25, 0.3) is 0 Å². The third-order valence-electron chi connectivity index (χ3n) is 2.91. The van der Waals surface area contributed by atoms with Gasteiger partial charge in [-0.2, -0.15) is 0 Å². The summed E-state index contributed by atoms with van der Waals surface area (Å²) in [7, 11) is 0. The van der Waals surface area contributed by atoms with Gasteiger partial charge in [-0.1, -0.05) is 29.6 Å². The molecule has 100 valence electrons. The molecule has 0 atom stereocenters. The third kappa shape index (κ3) is 1.99. The maximum atomic E-state index is 14.5. The molecule has 0 fully saturated rings. The van der Waals surface area contributed by atoms with Crippen molar-refractivity contribution >= 4 is 44.2 Å². The number of nitrogens with zero attached hydrogens (tertiary/aromatic N) is 3. The van der Waals surface area contributed by atoms with Gasteiger partial charge in [-0.05, 0) is 40.2 Å². The van der Waals surface area contributed by atoms with E-state index < -0.39 is 5.82 Å². The highest BCUT2D eigenvalue weighted by Crippen LogP contribution is 2.27. The minimum Gasteiger partial charge on any atom is -0.389 e. The van der Waals surface area contributed by atoms with E-state index in [0.717, 1.165) is 5.52 Å². The first kappa shape index (κ1) is 13.1. The molecule has 0 aliphatic carbocycles. The Morgan fingerprint density at radius 2 is 2.00 bits per heavy atom. The number of thiocarbonyl (C=S) groups is 1. The van der Waals surface area contributed by atoms with Crippen molar-refractivity contribution in [3.63, 3.8) is 0 Å². The molecule has 0 aliphatic heterocycles. The lowest BCUT2D eigenvalue weighted by molar-refractivity contribution is 0.603. The summed E-state index contributed by atoms with van der Waals surface area (Å²) >= 11 is 8.05. The largest absolute Gasteiger partial charge is 0.389 e. The van der Waals surface area contributed by atoms with Crippen LogP contribution in [0.4, 0.5) is 4.39 Å². The van der Waals surface area contributed by atoms with Crippen molar-refractivity contribution in [3.05, 3.63) is 52.3 Å². The predicted octanol–water partition coefficient (Wildman–Crippen LogP) is 2.96. The average molecular weight is 351 g/mol. The number of hydrogen-bond donors (Lipinski definition) is 1. The SMILES string of the molecule is NC(=S)c1ccc(-n2nnc3ccccc32)c(F)c1Br. The molecule has 7 heteroatoms. The highest BCUT2D eigenvalue weighted by Gasteiger charge is 2.16. The predicted molar refractivity (Wildman–Crippen MR) is 82.4 cm³/mol. The average Bonchev–Trinajstić information content (AvgIpc) is 2.85. The quantitative estimate of drug-likeness (QED) is 0.722. The smallest absolute Gasteiger partial charge is 0.163 e. The second-order valence-electron chi connectivity index (χ2n) is 4.11.